The Bertz CT molecular complexity index is 1260. The molecule has 184 valence electrons. The second-order valence-corrected chi connectivity index (χ2v) is 13.9. The molecule has 1 aromatic carbocycles. The smallest absolute Gasteiger partial charge is 0.146 e. The number of aryl methyl sites for hydroxylation is 1. The first-order chi connectivity index (χ1) is 16.1. The van der Waals surface area contributed by atoms with E-state index in [4.69, 9.17) is 9.47 Å². The first-order valence-electron chi connectivity index (χ1n) is 12.5. The van der Waals surface area contributed by atoms with Crippen molar-refractivity contribution < 1.29 is 9.47 Å². The van der Waals surface area contributed by atoms with Gasteiger partial charge in [0.05, 0.1) is 22.1 Å². The molecule has 0 aliphatic rings. The summed E-state index contributed by atoms with van der Waals surface area (Å²) in [5.41, 5.74) is 1.55. The van der Waals surface area contributed by atoms with Crippen LogP contribution in [0.2, 0.25) is 0 Å². The molecular formula is C29H38O2S3. The predicted molar refractivity (Wildman–Crippen MR) is 154 cm³/mol. The Labute approximate surface area is 216 Å². The van der Waals surface area contributed by atoms with Crippen molar-refractivity contribution >= 4 is 54.2 Å². The lowest BCUT2D eigenvalue weighted by atomic mass is 9.94. The monoisotopic (exact) mass is 514 g/mol. The molecule has 5 heteroatoms. The average Bonchev–Trinajstić information content (AvgIpc) is 3.48. The summed E-state index contributed by atoms with van der Waals surface area (Å²) >= 11 is 5.58. The molecular weight excluding hydrogens is 477 g/mol. The lowest BCUT2D eigenvalue weighted by molar-refractivity contribution is 0.248. The van der Waals surface area contributed by atoms with Crippen LogP contribution < -0.4 is 9.47 Å². The number of thiophene rings is 3. The van der Waals surface area contributed by atoms with E-state index in [9.17, 15) is 0 Å². The Morgan fingerprint density at radius 1 is 0.941 bits per heavy atom. The van der Waals surface area contributed by atoms with Gasteiger partial charge < -0.3 is 9.47 Å². The maximum Gasteiger partial charge on any atom is 0.146 e. The van der Waals surface area contributed by atoms with Gasteiger partial charge in [-0.15, -0.1) is 34.0 Å². The van der Waals surface area contributed by atoms with Crippen LogP contribution >= 0.6 is 34.0 Å². The van der Waals surface area contributed by atoms with Crippen molar-refractivity contribution in [1.29, 1.82) is 0 Å². The molecule has 0 spiro atoms. The van der Waals surface area contributed by atoms with E-state index in [1.54, 1.807) is 0 Å². The van der Waals surface area contributed by atoms with Crippen LogP contribution in [-0.2, 0) is 11.8 Å². The number of hydrogen-bond acceptors (Lipinski definition) is 5. The van der Waals surface area contributed by atoms with E-state index in [-0.39, 0.29) is 11.5 Å². The van der Waals surface area contributed by atoms with E-state index in [1.165, 1.54) is 53.2 Å². The van der Waals surface area contributed by atoms with E-state index in [0.717, 1.165) is 17.9 Å². The highest BCUT2D eigenvalue weighted by Gasteiger charge is 2.26. The van der Waals surface area contributed by atoms with Gasteiger partial charge in [0, 0.05) is 25.4 Å². The number of unbranched alkanes of at least 4 members (excludes halogenated alkanes) is 1. The van der Waals surface area contributed by atoms with Crippen LogP contribution in [0.4, 0.5) is 0 Å². The second kappa shape index (κ2) is 10.2. The molecule has 34 heavy (non-hydrogen) atoms. The van der Waals surface area contributed by atoms with Crippen LogP contribution in [0.5, 0.6) is 11.5 Å². The van der Waals surface area contributed by atoms with E-state index in [1.807, 2.05) is 34.0 Å². The van der Waals surface area contributed by atoms with Gasteiger partial charge in [-0.3, -0.25) is 0 Å². The van der Waals surface area contributed by atoms with Crippen LogP contribution in [-0.4, -0.2) is 12.7 Å². The molecule has 0 aliphatic heterocycles. The summed E-state index contributed by atoms with van der Waals surface area (Å²) in [5.74, 6) is 2.52. The quantitative estimate of drug-likeness (QED) is 0.221. The highest BCUT2D eigenvalue weighted by atomic mass is 32.1. The normalized spacial score (nSPS) is 12.5. The summed E-state index contributed by atoms with van der Waals surface area (Å²) in [6.45, 7) is 18.5. The van der Waals surface area contributed by atoms with Crippen molar-refractivity contribution in [2.75, 3.05) is 6.61 Å². The number of benzene rings is 1. The molecule has 3 aromatic heterocycles. The van der Waals surface area contributed by atoms with Gasteiger partial charge in [-0.2, -0.15) is 0 Å². The number of hydrogen-bond donors (Lipinski definition) is 0. The minimum atomic E-state index is 0.0812. The fourth-order valence-electron chi connectivity index (χ4n) is 4.04. The van der Waals surface area contributed by atoms with E-state index >= 15 is 0 Å². The van der Waals surface area contributed by atoms with Crippen LogP contribution in [0.3, 0.4) is 0 Å². The van der Waals surface area contributed by atoms with Crippen LogP contribution in [0.15, 0.2) is 23.6 Å². The van der Waals surface area contributed by atoms with Gasteiger partial charge in [-0.05, 0) is 67.2 Å². The molecule has 0 unspecified atom stereocenters. The first-order valence-corrected chi connectivity index (χ1v) is 15.0. The van der Waals surface area contributed by atoms with Crippen molar-refractivity contribution in [3.63, 3.8) is 0 Å². The number of ether oxygens (including phenoxy) is 2. The maximum atomic E-state index is 6.57. The highest BCUT2D eigenvalue weighted by Crippen LogP contribution is 2.53. The fraction of sp³-hybridized carbons (Fsp3) is 0.517. The molecule has 3 heterocycles. The Morgan fingerprint density at radius 2 is 1.65 bits per heavy atom. The van der Waals surface area contributed by atoms with Crippen molar-refractivity contribution in [3.05, 3.63) is 34.0 Å². The Kier molecular flexibility index (Phi) is 7.66. The van der Waals surface area contributed by atoms with Gasteiger partial charge in [0.25, 0.3) is 0 Å². The molecule has 0 saturated carbocycles. The average molecular weight is 515 g/mol. The van der Waals surface area contributed by atoms with Gasteiger partial charge in [-0.1, -0.05) is 48.0 Å². The third-order valence-corrected chi connectivity index (χ3v) is 9.62. The van der Waals surface area contributed by atoms with Crippen LogP contribution in [0, 0.1) is 5.92 Å². The third kappa shape index (κ3) is 5.17. The first kappa shape index (κ1) is 25.5. The topological polar surface area (TPSA) is 18.5 Å². The number of fused-ring (bicyclic) bond motifs is 2. The molecule has 0 radical (unpaired) electrons. The summed E-state index contributed by atoms with van der Waals surface area (Å²) in [5, 5.41) is 4.63. The minimum absolute atomic E-state index is 0.0812. The van der Waals surface area contributed by atoms with E-state index < -0.39 is 0 Å². The minimum Gasteiger partial charge on any atom is -0.491 e. The second-order valence-electron chi connectivity index (χ2n) is 10.9. The predicted octanol–water partition coefficient (Wildman–Crippen LogP) is 10.3. The van der Waals surface area contributed by atoms with Gasteiger partial charge in [-0.25, -0.2) is 0 Å². The van der Waals surface area contributed by atoms with Gasteiger partial charge in [0.1, 0.15) is 11.5 Å². The highest BCUT2D eigenvalue weighted by molar-refractivity contribution is 7.26. The summed E-state index contributed by atoms with van der Waals surface area (Å²) in [4.78, 5) is 4.09. The molecule has 0 bridgehead atoms. The van der Waals surface area contributed by atoms with E-state index in [0.29, 0.717) is 12.5 Å². The molecule has 2 nitrogen and oxygen atoms in total. The largest absolute Gasteiger partial charge is 0.491 e. The standard InChI is InChI=1S/C29H38O2S3/c1-9-10-11-19-12-13-32-26(19)22-14-20-24(30-16-17(2)3)27-21(15-23(34-27)29(6,7)8)25(28(20)33-22)31-18(4)5/h12-15,17-18H,9-11,16H2,1-8H3. The number of rotatable bonds is 9. The molecule has 4 rings (SSSR count). The zero-order chi connectivity index (χ0) is 24.6. The molecule has 0 aliphatic carbocycles. The van der Waals surface area contributed by atoms with Crippen molar-refractivity contribution in [2.45, 2.75) is 86.2 Å². The SMILES string of the molecule is CCCCc1ccsc1-c1cc2c(OCC(C)C)c3sc(C(C)(C)C)cc3c(OC(C)C)c2s1. The van der Waals surface area contributed by atoms with Gasteiger partial charge in [0.15, 0.2) is 0 Å². The third-order valence-electron chi connectivity index (χ3n) is 5.79. The van der Waals surface area contributed by atoms with Crippen molar-refractivity contribution in [2.24, 2.45) is 5.92 Å². The summed E-state index contributed by atoms with van der Waals surface area (Å²) in [6.07, 6.45) is 3.69. The Morgan fingerprint density at radius 3 is 2.29 bits per heavy atom. The Hall–Kier alpha value is -1.56. The zero-order valence-electron chi connectivity index (χ0n) is 21.8. The summed E-state index contributed by atoms with van der Waals surface area (Å²) in [6, 6.07) is 7.01. The lowest BCUT2D eigenvalue weighted by Crippen LogP contribution is -2.08. The van der Waals surface area contributed by atoms with Gasteiger partial charge in [0.2, 0.25) is 0 Å². The molecule has 0 amide bonds. The fourth-order valence-corrected chi connectivity index (χ4v) is 7.54. The van der Waals surface area contributed by atoms with Crippen molar-refractivity contribution in [1.82, 2.24) is 0 Å². The molecule has 0 saturated heterocycles. The zero-order valence-corrected chi connectivity index (χ0v) is 24.3. The summed E-state index contributed by atoms with van der Waals surface area (Å²) in [7, 11) is 0. The van der Waals surface area contributed by atoms with Crippen LogP contribution in [0.25, 0.3) is 29.9 Å². The molecule has 0 fully saturated rings. The summed E-state index contributed by atoms with van der Waals surface area (Å²) < 4.78 is 15.5. The van der Waals surface area contributed by atoms with Gasteiger partial charge >= 0.3 is 0 Å². The lowest BCUT2D eigenvalue weighted by Gasteiger charge is -2.16. The van der Waals surface area contributed by atoms with Crippen molar-refractivity contribution in [3.8, 4) is 21.3 Å². The maximum absolute atomic E-state index is 6.57. The molecule has 4 aromatic rings. The van der Waals surface area contributed by atoms with E-state index in [2.05, 4.69) is 79.0 Å². The molecule has 0 N–H and O–H groups in total. The molecule has 0 atom stereocenters. The van der Waals surface area contributed by atoms with Crippen LogP contribution in [0.1, 0.15) is 78.7 Å². The Balaban J connectivity index is 1.99.